The van der Waals surface area contributed by atoms with Crippen molar-refractivity contribution in [2.24, 2.45) is 5.92 Å². The van der Waals surface area contributed by atoms with Crippen molar-refractivity contribution < 1.29 is 13.5 Å². The second kappa shape index (κ2) is 6.35. The third-order valence-corrected chi connectivity index (χ3v) is 5.40. The van der Waals surface area contributed by atoms with E-state index in [1.165, 1.54) is 0 Å². The molecule has 0 atom stereocenters. The number of hydrogen-bond acceptors (Lipinski definition) is 3. The summed E-state index contributed by atoms with van der Waals surface area (Å²) < 4.78 is 27.6. The van der Waals surface area contributed by atoms with E-state index in [0.717, 1.165) is 30.2 Å². The molecule has 0 radical (unpaired) electrons. The van der Waals surface area contributed by atoms with Crippen molar-refractivity contribution in [3.8, 4) is 0 Å². The maximum Gasteiger partial charge on any atom is 0.240 e. The summed E-state index contributed by atoms with van der Waals surface area (Å²) in [6, 6.07) is 6.67. The highest BCUT2D eigenvalue weighted by atomic mass is 79.9. The first-order valence-corrected chi connectivity index (χ1v) is 8.68. The highest BCUT2D eigenvalue weighted by Gasteiger charge is 2.22. The predicted molar refractivity (Wildman–Crippen MR) is 77.3 cm³/mol. The predicted octanol–water partition coefficient (Wildman–Crippen LogP) is 2.28. The molecule has 2 N–H and O–H groups in total. The van der Waals surface area contributed by atoms with Crippen LogP contribution >= 0.6 is 15.9 Å². The van der Waals surface area contributed by atoms with Crippen LogP contribution in [-0.4, -0.2) is 26.2 Å². The molecule has 106 valence electrons. The molecule has 0 saturated heterocycles. The van der Waals surface area contributed by atoms with Gasteiger partial charge < -0.3 is 5.11 Å². The first kappa shape index (κ1) is 15.0. The first-order chi connectivity index (χ1) is 8.97. The van der Waals surface area contributed by atoms with Gasteiger partial charge in [0.1, 0.15) is 0 Å². The van der Waals surface area contributed by atoms with Crippen molar-refractivity contribution in [2.45, 2.75) is 36.7 Å². The van der Waals surface area contributed by atoms with Crippen molar-refractivity contribution in [2.75, 3.05) is 6.54 Å². The van der Waals surface area contributed by atoms with E-state index >= 15 is 0 Å². The van der Waals surface area contributed by atoms with Gasteiger partial charge in [-0.1, -0.05) is 22.0 Å². The Bertz CT molecular complexity index is 524. The summed E-state index contributed by atoms with van der Waals surface area (Å²) in [5.74, 6) is 0.324. The summed E-state index contributed by atoms with van der Waals surface area (Å²) in [6.07, 6.45) is 3.08. The second-order valence-corrected chi connectivity index (χ2v) is 7.67. The molecule has 0 heterocycles. The van der Waals surface area contributed by atoms with Gasteiger partial charge in [-0.2, -0.15) is 0 Å². The largest absolute Gasteiger partial charge is 0.393 e. The molecule has 0 aliphatic heterocycles. The highest BCUT2D eigenvalue weighted by molar-refractivity contribution is 9.10. The summed E-state index contributed by atoms with van der Waals surface area (Å²) in [6.45, 7) is 0.446. The van der Waals surface area contributed by atoms with Crippen LogP contribution in [-0.2, 0) is 10.0 Å². The molecular formula is C13H18BrNO3S. The second-order valence-electron chi connectivity index (χ2n) is 4.98. The molecular weight excluding hydrogens is 330 g/mol. The molecule has 19 heavy (non-hydrogen) atoms. The molecule has 0 amide bonds. The standard InChI is InChI=1S/C13H18BrNO3S/c14-11-2-1-3-13(8-11)19(17,18)15-9-10-4-6-12(16)7-5-10/h1-3,8,10,12,15-16H,4-7,9H2. The Kier molecular flexibility index (Phi) is 5.00. The van der Waals surface area contributed by atoms with Crippen LogP contribution < -0.4 is 4.72 Å². The fourth-order valence-electron chi connectivity index (χ4n) is 2.29. The summed E-state index contributed by atoms with van der Waals surface area (Å²) in [5.41, 5.74) is 0. The number of aliphatic hydroxyl groups is 1. The zero-order valence-electron chi connectivity index (χ0n) is 10.5. The van der Waals surface area contributed by atoms with Gasteiger partial charge in [0.05, 0.1) is 11.0 Å². The van der Waals surface area contributed by atoms with E-state index in [-0.39, 0.29) is 11.0 Å². The molecule has 0 bridgehead atoms. The van der Waals surface area contributed by atoms with Gasteiger partial charge >= 0.3 is 0 Å². The van der Waals surface area contributed by atoms with E-state index in [1.54, 1.807) is 24.3 Å². The SMILES string of the molecule is O=S(=O)(NCC1CCC(O)CC1)c1cccc(Br)c1. The average Bonchev–Trinajstić information content (AvgIpc) is 2.38. The molecule has 0 spiro atoms. The van der Waals surface area contributed by atoms with Crippen LogP contribution in [0.1, 0.15) is 25.7 Å². The minimum absolute atomic E-state index is 0.210. The van der Waals surface area contributed by atoms with Gasteiger partial charge in [0.25, 0.3) is 0 Å². The van der Waals surface area contributed by atoms with E-state index < -0.39 is 10.0 Å². The van der Waals surface area contributed by atoms with Crippen LogP contribution in [0.25, 0.3) is 0 Å². The fraction of sp³-hybridized carbons (Fsp3) is 0.538. The normalized spacial score (nSPS) is 24.3. The molecule has 1 saturated carbocycles. The van der Waals surface area contributed by atoms with Crippen LogP contribution in [0.2, 0.25) is 0 Å². The van der Waals surface area contributed by atoms with Crippen molar-refractivity contribution in [3.63, 3.8) is 0 Å². The molecule has 1 aliphatic carbocycles. The third kappa shape index (κ3) is 4.27. The van der Waals surface area contributed by atoms with Crippen LogP contribution in [0.3, 0.4) is 0 Å². The zero-order valence-corrected chi connectivity index (χ0v) is 13.0. The molecule has 0 aromatic heterocycles. The van der Waals surface area contributed by atoms with E-state index in [2.05, 4.69) is 20.7 Å². The molecule has 1 aliphatic rings. The fourth-order valence-corrected chi connectivity index (χ4v) is 4.01. The monoisotopic (exact) mass is 347 g/mol. The van der Waals surface area contributed by atoms with E-state index in [0.29, 0.717) is 12.5 Å². The number of nitrogens with one attached hydrogen (secondary N) is 1. The summed E-state index contributed by atoms with van der Waals surface area (Å²) >= 11 is 3.27. The summed E-state index contributed by atoms with van der Waals surface area (Å²) in [4.78, 5) is 0.276. The molecule has 4 nitrogen and oxygen atoms in total. The minimum atomic E-state index is -3.44. The number of halogens is 1. The number of sulfonamides is 1. The Labute approximate surface area is 122 Å². The van der Waals surface area contributed by atoms with Crippen molar-refractivity contribution in [3.05, 3.63) is 28.7 Å². The Morgan fingerprint density at radius 3 is 2.58 bits per heavy atom. The van der Waals surface area contributed by atoms with Gasteiger partial charge in [0, 0.05) is 11.0 Å². The van der Waals surface area contributed by atoms with Gasteiger partial charge in [-0.3, -0.25) is 0 Å². The van der Waals surface area contributed by atoms with Crippen LogP contribution in [0, 0.1) is 5.92 Å². The van der Waals surface area contributed by atoms with Gasteiger partial charge in [-0.25, -0.2) is 13.1 Å². The molecule has 2 rings (SSSR count). The first-order valence-electron chi connectivity index (χ1n) is 6.40. The lowest BCUT2D eigenvalue weighted by Gasteiger charge is -2.25. The Morgan fingerprint density at radius 1 is 1.26 bits per heavy atom. The molecule has 1 aromatic carbocycles. The lowest BCUT2D eigenvalue weighted by molar-refractivity contribution is 0.109. The number of aliphatic hydroxyl groups excluding tert-OH is 1. The quantitative estimate of drug-likeness (QED) is 0.877. The lowest BCUT2D eigenvalue weighted by atomic mass is 9.88. The zero-order chi connectivity index (χ0) is 13.9. The van der Waals surface area contributed by atoms with Crippen LogP contribution in [0.4, 0.5) is 0 Å². The lowest BCUT2D eigenvalue weighted by Crippen LogP contribution is -2.32. The highest BCUT2D eigenvalue weighted by Crippen LogP contribution is 2.24. The average molecular weight is 348 g/mol. The molecule has 1 fully saturated rings. The maximum atomic E-state index is 12.1. The minimum Gasteiger partial charge on any atom is -0.393 e. The Hall–Kier alpha value is -0.430. The van der Waals surface area contributed by atoms with Crippen LogP contribution in [0.5, 0.6) is 0 Å². The maximum absolute atomic E-state index is 12.1. The third-order valence-electron chi connectivity index (χ3n) is 3.48. The van der Waals surface area contributed by atoms with E-state index in [9.17, 15) is 13.5 Å². The summed E-state index contributed by atoms with van der Waals surface area (Å²) in [5, 5.41) is 9.42. The topological polar surface area (TPSA) is 66.4 Å². The van der Waals surface area contributed by atoms with Crippen molar-refractivity contribution in [1.82, 2.24) is 4.72 Å². The summed E-state index contributed by atoms with van der Waals surface area (Å²) in [7, 11) is -3.44. The van der Waals surface area contributed by atoms with Crippen LogP contribution in [0.15, 0.2) is 33.6 Å². The number of benzene rings is 1. The van der Waals surface area contributed by atoms with Gasteiger partial charge in [-0.05, 0) is 49.8 Å². The molecule has 0 unspecified atom stereocenters. The van der Waals surface area contributed by atoms with E-state index in [1.807, 2.05) is 0 Å². The number of rotatable bonds is 4. The smallest absolute Gasteiger partial charge is 0.240 e. The van der Waals surface area contributed by atoms with Gasteiger partial charge in [-0.15, -0.1) is 0 Å². The van der Waals surface area contributed by atoms with Crippen molar-refractivity contribution >= 4 is 26.0 Å². The Morgan fingerprint density at radius 2 is 1.95 bits per heavy atom. The van der Waals surface area contributed by atoms with Gasteiger partial charge in [0.15, 0.2) is 0 Å². The van der Waals surface area contributed by atoms with E-state index in [4.69, 9.17) is 0 Å². The Balaban J connectivity index is 1.95. The molecule has 6 heteroatoms. The van der Waals surface area contributed by atoms with Gasteiger partial charge in [0.2, 0.25) is 10.0 Å². The van der Waals surface area contributed by atoms with Crippen molar-refractivity contribution in [1.29, 1.82) is 0 Å². The number of hydrogen-bond donors (Lipinski definition) is 2. The molecule has 1 aromatic rings.